The third-order valence-corrected chi connectivity index (χ3v) is 2.79. The quantitative estimate of drug-likeness (QED) is 0.457. The van der Waals surface area contributed by atoms with Crippen molar-refractivity contribution in [2.75, 3.05) is 13.2 Å². The molecule has 3 heteroatoms. The van der Waals surface area contributed by atoms with E-state index in [0.29, 0.717) is 5.92 Å². The summed E-state index contributed by atoms with van der Waals surface area (Å²) in [6.07, 6.45) is 1.88. The van der Waals surface area contributed by atoms with Crippen molar-refractivity contribution in [3.05, 3.63) is 35.9 Å². The maximum Gasteiger partial charge on any atom is 0.0900 e. The standard InChI is InChI=1S/C12H15NO2/c14-13-12(10-4-2-1-3-5-10)11-6-8-15-9-7-11/h1-5,11,14H,6-9H2. The summed E-state index contributed by atoms with van der Waals surface area (Å²) < 4.78 is 5.29. The predicted octanol–water partition coefficient (Wildman–Crippen LogP) is 2.29. The Kier molecular flexibility index (Phi) is 3.35. The van der Waals surface area contributed by atoms with Crippen molar-refractivity contribution < 1.29 is 9.94 Å². The molecule has 0 aliphatic carbocycles. The van der Waals surface area contributed by atoms with Gasteiger partial charge in [0.2, 0.25) is 0 Å². The molecule has 0 radical (unpaired) electrons. The van der Waals surface area contributed by atoms with Gasteiger partial charge in [-0.1, -0.05) is 35.5 Å². The third-order valence-electron chi connectivity index (χ3n) is 2.79. The number of benzene rings is 1. The van der Waals surface area contributed by atoms with Crippen LogP contribution in [0.4, 0.5) is 0 Å². The number of ether oxygens (including phenoxy) is 1. The van der Waals surface area contributed by atoms with Crippen molar-refractivity contribution in [1.29, 1.82) is 0 Å². The van der Waals surface area contributed by atoms with Crippen LogP contribution < -0.4 is 0 Å². The van der Waals surface area contributed by atoms with Crippen molar-refractivity contribution in [2.24, 2.45) is 11.1 Å². The summed E-state index contributed by atoms with van der Waals surface area (Å²) in [5, 5.41) is 12.5. The monoisotopic (exact) mass is 205 g/mol. The van der Waals surface area contributed by atoms with E-state index in [0.717, 1.165) is 37.3 Å². The van der Waals surface area contributed by atoms with Gasteiger partial charge in [-0.15, -0.1) is 0 Å². The predicted molar refractivity (Wildman–Crippen MR) is 58.3 cm³/mol. The van der Waals surface area contributed by atoms with Crippen molar-refractivity contribution in [3.8, 4) is 0 Å². The summed E-state index contributed by atoms with van der Waals surface area (Å²) in [5.74, 6) is 0.325. The molecule has 1 aromatic carbocycles. The SMILES string of the molecule is ON=C(c1ccccc1)C1CCOCC1. The van der Waals surface area contributed by atoms with Gasteiger partial charge in [-0.25, -0.2) is 0 Å². The van der Waals surface area contributed by atoms with Gasteiger partial charge in [0.15, 0.2) is 0 Å². The van der Waals surface area contributed by atoms with E-state index in [4.69, 9.17) is 9.94 Å². The lowest BCUT2D eigenvalue weighted by atomic mass is 9.90. The van der Waals surface area contributed by atoms with E-state index in [-0.39, 0.29) is 0 Å². The number of hydrogen-bond donors (Lipinski definition) is 1. The fourth-order valence-electron chi connectivity index (χ4n) is 1.96. The van der Waals surface area contributed by atoms with Crippen LogP contribution in [0.1, 0.15) is 18.4 Å². The first-order chi connectivity index (χ1) is 7.42. The second-order valence-electron chi connectivity index (χ2n) is 3.74. The highest BCUT2D eigenvalue weighted by molar-refractivity contribution is 6.01. The lowest BCUT2D eigenvalue weighted by Gasteiger charge is -2.22. The lowest BCUT2D eigenvalue weighted by molar-refractivity contribution is 0.0821. The van der Waals surface area contributed by atoms with Gasteiger partial charge in [-0.2, -0.15) is 0 Å². The number of hydrogen-bond acceptors (Lipinski definition) is 3. The molecule has 1 N–H and O–H groups in total. The summed E-state index contributed by atoms with van der Waals surface area (Å²) in [4.78, 5) is 0. The van der Waals surface area contributed by atoms with Crippen molar-refractivity contribution in [1.82, 2.24) is 0 Å². The average molecular weight is 205 g/mol. The largest absolute Gasteiger partial charge is 0.411 e. The minimum atomic E-state index is 0.325. The second-order valence-corrected chi connectivity index (χ2v) is 3.74. The van der Waals surface area contributed by atoms with E-state index < -0.39 is 0 Å². The van der Waals surface area contributed by atoms with Crippen LogP contribution >= 0.6 is 0 Å². The van der Waals surface area contributed by atoms with Crippen LogP contribution in [0.2, 0.25) is 0 Å². The maximum absolute atomic E-state index is 9.08. The molecule has 1 aliphatic rings. The highest BCUT2D eigenvalue weighted by atomic mass is 16.5. The molecule has 15 heavy (non-hydrogen) atoms. The molecule has 1 heterocycles. The molecular formula is C12H15NO2. The van der Waals surface area contributed by atoms with E-state index >= 15 is 0 Å². The van der Waals surface area contributed by atoms with Crippen molar-refractivity contribution in [2.45, 2.75) is 12.8 Å². The van der Waals surface area contributed by atoms with Gasteiger partial charge in [-0.05, 0) is 18.4 Å². The smallest absolute Gasteiger partial charge is 0.0900 e. The molecule has 80 valence electrons. The molecule has 3 nitrogen and oxygen atoms in total. The van der Waals surface area contributed by atoms with E-state index in [1.807, 2.05) is 30.3 Å². The van der Waals surface area contributed by atoms with Gasteiger partial charge in [0, 0.05) is 19.1 Å². The van der Waals surface area contributed by atoms with Gasteiger partial charge in [0.05, 0.1) is 5.71 Å². The molecule has 0 atom stereocenters. The first kappa shape index (κ1) is 10.2. The van der Waals surface area contributed by atoms with Gasteiger partial charge >= 0.3 is 0 Å². The van der Waals surface area contributed by atoms with E-state index in [9.17, 15) is 0 Å². The van der Waals surface area contributed by atoms with Crippen LogP contribution in [0.15, 0.2) is 35.5 Å². The van der Waals surface area contributed by atoms with E-state index in [1.54, 1.807) is 0 Å². The molecule has 2 rings (SSSR count). The summed E-state index contributed by atoms with van der Waals surface area (Å²) in [5.41, 5.74) is 1.80. The Morgan fingerprint density at radius 2 is 1.87 bits per heavy atom. The van der Waals surface area contributed by atoms with Crippen molar-refractivity contribution in [3.63, 3.8) is 0 Å². The average Bonchev–Trinajstić information content (AvgIpc) is 2.33. The van der Waals surface area contributed by atoms with Gasteiger partial charge < -0.3 is 9.94 Å². The molecule has 1 aromatic rings. The third kappa shape index (κ3) is 2.36. The zero-order chi connectivity index (χ0) is 10.5. The van der Waals surface area contributed by atoms with Crippen LogP contribution in [0.5, 0.6) is 0 Å². The Hall–Kier alpha value is -1.35. The molecule has 0 unspecified atom stereocenters. The van der Waals surface area contributed by atoms with Crippen LogP contribution in [-0.2, 0) is 4.74 Å². The van der Waals surface area contributed by atoms with Crippen LogP contribution in [0.3, 0.4) is 0 Å². The zero-order valence-corrected chi connectivity index (χ0v) is 8.60. The Morgan fingerprint density at radius 3 is 2.47 bits per heavy atom. The molecule has 0 amide bonds. The number of oxime groups is 1. The summed E-state index contributed by atoms with van der Waals surface area (Å²) in [6.45, 7) is 1.52. The molecule has 0 saturated carbocycles. The topological polar surface area (TPSA) is 41.8 Å². The highest BCUT2D eigenvalue weighted by Gasteiger charge is 2.21. The molecule has 1 saturated heterocycles. The van der Waals surface area contributed by atoms with Gasteiger partial charge in [-0.3, -0.25) is 0 Å². The zero-order valence-electron chi connectivity index (χ0n) is 8.60. The van der Waals surface area contributed by atoms with E-state index in [1.165, 1.54) is 0 Å². The Labute approximate surface area is 89.4 Å². The number of nitrogens with zero attached hydrogens (tertiary/aromatic N) is 1. The molecule has 0 spiro atoms. The Bertz CT molecular complexity index is 329. The summed E-state index contributed by atoms with van der Waals surface area (Å²) in [7, 11) is 0. The first-order valence-corrected chi connectivity index (χ1v) is 5.27. The van der Waals surface area contributed by atoms with E-state index in [2.05, 4.69) is 5.16 Å². The summed E-state index contributed by atoms with van der Waals surface area (Å²) in [6, 6.07) is 9.83. The minimum Gasteiger partial charge on any atom is -0.411 e. The maximum atomic E-state index is 9.08. The molecular weight excluding hydrogens is 190 g/mol. The highest BCUT2D eigenvalue weighted by Crippen LogP contribution is 2.20. The van der Waals surface area contributed by atoms with Crippen LogP contribution in [-0.4, -0.2) is 24.1 Å². The molecule has 0 bridgehead atoms. The summed E-state index contributed by atoms with van der Waals surface area (Å²) >= 11 is 0. The number of rotatable bonds is 2. The van der Waals surface area contributed by atoms with Crippen molar-refractivity contribution >= 4 is 5.71 Å². The fraction of sp³-hybridized carbons (Fsp3) is 0.417. The van der Waals surface area contributed by atoms with Gasteiger partial charge in [0.1, 0.15) is 0 Å². The van der Waals surface area contributed by atoms with Crippen LogP contribution in [0, 0.1) is 5.92 Å². The first-order valence-electron chi connectivity index (χ1n) is 5.27. The Morgan fingerprint density at radius 1 is 1.20 bits per heavy atom. The molecule has 1 aliphatic heterocycles. The molecule has 1 fully saturated rings. The normalized spacial score (nSPS) is 19.1. The molecule has 0 aromatic heterocycles. The fourth-order valence-corrected chi connectivity index (χ4v) is 1.96. The van der Waals surface area contributed by atoms with Gasteiger partial charge in [0.25, 0.3) is 0 Å². The van der Waals surface area contributed by atoms with Crippen LogP contribution in [0.25, 0.3) is 0 Å². The Balaban J connectivity index is 2.17. The minimum absolute atomic E-state index is 0.325. The lowest BCUT2D eigenvalue weighted by Crippen LogP contribution is -2.24. The second kappa shape index (κ2) is 4.94.